The van der Waals surface area contributed by atoms with Crippen LogP contribution in [0.4, 0.5) is 8.78 Å². The van der Waals surface area contributed by atoms with Gasteiger partial charge in [0.15, 0.2) is 0 Å². The van der Waals surface area contributed by atoms with Gasteiger partial charge >= 0.3 is 0 Å². The van der Waals surface area contributed by atoms with Crippen LogP contribution in [0, 0.1) is 11.6 Å². The Labute approximate surface area is 196 Å². The van der Waals surface area contributed by atoms with Gasteiger partial charge in [0.05, 0.1) is 0 Å². The summed E-state index contributed by atoms with van der Waals surface area (Å²) in [5.74, 6) is -1.02. The summed E-state index contributed by atoms with van der Waals surface area (Å²) in [5.41, 5.74) is 3.41. The van der Waals surface area contributed by atoms with Crippen LogP contribution < -0.4 is 10.6 Å². The number of benzene rings is 2. The Hall–Kier alpha value is -0.950. The van der Waals surface area contributed by atoms with E-state index < -0.39 is 11.6 Å². The lowest BCUT2D eigenvalue weighted by Gasteiger charge is -2.48. The second-order valence-electron chi connectivity index (χ2n) is 7.79. The number of piperazine rings is 1. The lowest BCUT2D eigenvalue weighted by Crippen LogP contribution is -2.65. The Morgan fingerprint density at radius 2 is 1.50 bits per heavy atom. The van der Waals surface area contributed by atoms with E-state index in [2.05, 4.69) is 39.8 Å². The summed E-state index contributed by atoms with van der Waals surface area (Å²) in [6.45, 7) is 3.93. The molecule has 1 heterocycles. The highest BCUT2D eigenvalue weighted by Gasteiger charge is 2.47. The standard InChI is InChI=1S/C22H27F2N3.3ClH/c1-25-21(12-16-10-19(23)13-20(24)11-16)22(27-8-6-26-7-9-27)14-17-4-2-3-5-18(17)15-22;;;/h2-5,10-11,13,21,25-26H,6-9,12,14-15H2,1H3;3*1H. The zero-order valence-corrected chi connectivity index (χ0v) is 19.4. The molecule has 2 aromatic carbocycles. The second kappa shape index (κ2) is 11.6. The molecule has 0 spiro atoms. The number of rotatable bonds is 5. The largest absolute Gasteiger partial charge is 0.315 e. The van der Waals surface area contributed by atoms with Gasteiger partial charge in [0.25, 0.3) is 0 Å². The molecule has 1 atom stereocenters. The van der Waals surface area contributed by atoms with Gasteiger partial charge in [-0.25, -0.2) is 8.78 Å². The van der Waals surface area contributed by atoms with Crippen molar-refractivity contribution < 1.29 is 8.78 Å². The average Bonchev–Trinajstić information content (AvgIpc) is 3.06. The molecule has 2 aromatic rings. The van der Waals surface area contributed by atoms with Gasteiger partial charge in [0.1, 0.15) is 11.6 Å². The van der Waals surface area contributed by atoms with Gasteiger partial charge in [-0.05, 0) is 55.1 Å². The third-order valence-electron chi connectivity index (χ3n) is 6.22. The molecule has 8 heteroatoms. The number of fused-ring (bicyclic) bond motifs is 1. The Morgan fingerprint density at radius 1 is 0.967 bits per heavy atom. The van der Waals surface area contributed by atoms with Crippen LogP contribution in [0.2, 0.25) is 0 Å². The maximum atomic E-state index is 13.7. The Kier molecular flexibility index (Phi) is 10.5. The molecule has 2 N–H and O–H groups in total. The lowest BCUT2D eigenvalue weighted by molar-refractivity contribution is 0.0476. The fourth-order valence-corrected chi connectivity index (χ4v) is 4.95. The van der Waals surface area contributed by atoms with E-state index in [9.17, 15) is 8.78 Å². The zero-order valence-electron chi connectivity index (χ0n) is 17.0. The maximum absolute atomic E-state index is 13.7. The van der Waals surface area contributed by atoms with Crippen molar-refractivity contribution in [2.24, 2.45) is 0 Å². The van der Waals surface area contributed by atoms with Crippen LogP contribution in [0.5, 0.6) is 0 Å². The molecule has 4 rings (SSSR count). The Morgan fingerprint density at radius 3 is 2.00 bits per heavy atom. The summed E-state index contributed by atoms with van der Waals surface area (Å²) in [6, 6.07) is 12.6. The number of nitrogens with zero attached hydrogens (tertiary/aromatic N) is 1. The van der Waals surface area contributed by atoms with Gasteiger partial charge in [0, 0.05) is 43.8 Å². The third kappa shape index (κ3) is 5.45. The van der Waals surface area contributed by atoms with Crippen molar-refractivity contribution in [2.45, 2.75) is 30.8 Å². The molecule has 1 saturated heterocycles. The van der Waals surface area contributed by atoms with Crippen LogP contribution in [-0.2, 0) is 19.3 Å². The topological polar surface area (TPSA) is 27.3 Å². The highest BCUT2D eigenvalue weighted by Crippen LogP contribution is 2.38. The highest BCUT2D eigenvalue weighted by molar-refractivity contribution is 5.86. The SMILES string of the molecule is CNC(Cc1cc(F)cc(F)c1)C1(N2CCNCC2)Cc2ccccc2C1.Cl.Cl.Cl. The van der Waals surface area contributed by atoms with Crippen molar-refractivity contribution in [2.75, 3.05) is 33.2 Å². The second-order valence-corrected chi connectivity index (χ2v) is 7.79. The molecule has 0 aromatic heterocycles. The highest BCUT2D eigenvalue weighted by atomic mass is 35.5. The van der Waals surface area contributed by atoms with Gasteiger partial charge in [-0.2, -0.15) is 0 Å². The van der Waals surface area contributed by atoms with Crippen LogP contribution in [0.1, 0.15) is 16.7 Å². The molecule has 3 nitrogen and oxygen atoms in total. The van der Waals surface area contributed by atoms with E-state index in [0.717, 1.165) is 45.1 Å². The summed E-state index contributed by atoms with van der Waals surface area (Å²) in [5, 5.41) is 6.93. The van der Waals surface area contributed by atoms with Gasteiger partial charge in [0.2, 0.25) is 0 Å². The molecule has 30 heavy (non-hydrogen) atoms. The number of likely N-dealkylation sites (N-methyl/N-ethyl adjacent to an activating group) is 1. The fraction of sp³-hybridized carbons (Fsp3) is 0.455. The molecular weight excluding hydrogens is 451 g/mol. The molecule has 0 bridgehead atoms. The quantitative estimate of drug-likeness (QED) is 0.682. The Balaban J connectivity index is 0.00000150. The summed E-state index contributed by atoms with van der Waals surface area (Å²) in [6.07, 6.45) is 2.53. The molecular formula is C22H30Cl3F2N3. The molecule has 0 saturated carbocycles. The van der Waals surface area contributed by atoms with Crippen LogP contribution in [0.3, 0.4) is 0 Å². The summed E-state index contributed by atoms with van der Waals surface area (Å²) >= 11 is 0. The van der Waals surface area contributed by atoms with Crippen molar-refractivity contribution in [3.05, 3.63) is 70.8 Å². The minimum Gasteiger partial charge on any atom is -0.315 e. The number of hydrogen-bond acceptors (Lipinski definition) is 3. The van der Waals surface area contributed by atoms with E-state index in [1.807, 2.05) is 7.05 Å². The first-order chi connectivity index (χ1) is 13.1. The summed E-state index contributed by atoms with van der Waals surface area (Å²) < 4.78 is 27.5. The fourth-order valence-electron chi connectivity index (χ4n) is 4.95. The van der Waals surface area contributed by atoms with E-state index >= 15 is 0 Å². The predicted molar refractivity (Wildman–Crippen MR) is 126 cm³/mol. The molecule has 1 aliphatic heterocycles. The van der Waals surface area contributed by atoms with E-state index in [1.54, 1.807) is 0 Å². The van der Waals surface area contributed by atoms with Crippen molar-refractivity contribution in [3.8, 4) is 0 Å². The molecule has 2 aliphatic rings. The predicted octanol–water partition coefficient (Wildman–Crippen LogP) is 3.80. The van der Waals surface area contributed by atoms with Gasteiger partial charge in [-0.3, -0.25) is 4.90 Å². The summed E-state index contributed by atoms with van der Waals surface area (Å²) in [4.78, 5) is 2.58. The van der Waals surface area contributed by atoms with Crippen LogP contribution in [-0.4, -0.2) is 49.7 Å². The van der Waals surface area contributed by atoms with E-state index in [-0.39, 0.29) is 48.8 Å². The third-order valence-corrected chi connectivity index (χ3v) is 6.22. The molecule has 1 fully saturated rings. The van der Waals surface area contributed by atoms with Gasteiger partial charge in [-0.1, -0.05) is 24.3 Å². The van der Waals surface area contributed by atoms with Crippen LogP contribution in [0.15, 0.2) is 42.5 Å². The first-order valence-electron chi connectivity index (χ1n) is 9.75. The number of nitrogens with one attached hydrogen (secondary N) is 2. The van der Waals surface area contributed by atoms with E-state index in [0.29, 0.717) is 12.0 Å². The van der Waals surface area contributed by atoms with Gasteiger partial charge in [-0.15, -0.1) is 37.2 Å². The number of halogens is 5. The lowest BCUT2D eigenvalue weighted by atomic mass is 9.81. The van der Waals surface area contributed by atoms with E-state index in [1.165, 1.54) is 23.3 Å². The normalized spacial score (nSPS) is 18.4. The first-order valence-corrected chi connectivity index (χ1v) is 9.75. The zero-order chi connectivity index (χ0) is 18.9. The molecule has 1 aliphatic carbocycles. The van der Waals surface area contributed by atoms with Crippen molar-refractivity contribution >= 4 is 37.2 Å². The van der Waals surface area contributed by atoms with Crippen molar-refractivity contribution in [3.63, 3.8) is 0 Å². The minimum absolute atomic E-state index is 0. The minimum atomic E-state index is -0.509. The maximum Gasteiger partial charge on any atom is 0.126 e. The average molecular weight is 481 g/mol. The smallest absolute Gasteiger partial charge is 0.126 e. The molecule has 0 amide bonds. The van der Waals surface area contributed by atoms with Gasteiger partial charge < -0.3 is 10.6 Å². The van der Waals surface area contributed by atoms with Crippen LogP contribution in [0.25, 0.3) is 0 Å². The summed E-state index contributed by atoms with van der Waals surface area (Å²) in [7, 11) is 1.97. The number of hydrogen-bond donors (Lipinski definition) is 2. The van der Waals surface area contributed by atoms with Crippen molar-refractivity contribution in [1.29, 1.82) is 0 Å². The van der Waals surface area contributed by atoms with Crippen LogP contribution >= 0.6 is 37.2 Å². The van der Waals surface area contributed by atoms with Crippen molar-refractivity contribution in [1.82, 2.24) is 15.5 Å². The molecule has 168 valence electrons. The Bertz CT molecular complexity index is 771. The molecule has 1 unspecified atom stereocenters. The van der Waals surface area contributed by atoms with E-state index in [4.69, 9.17) is 0 Å². The first kappa shape index (κ1) is 27.1. The molecule has 0 radical (unpaired) electrons. The monoisotopic (exact) mass is 479 g/mol.